The van der Waals surface area contributed by atoms with Crippen molar-refractivity contribution in [3.63, 3.8) is 0 Å². The summed E-state index contributed by atoms with van der Waals surface area (Å²) in [4.78, 5) is 0. The number of benzene rings is 1. The quantitative estimate of drug-likeness (QED) is 0.858. The van der Waals surface area contributed by atoms with Crippen LogP contribution >= 0.6 is 0 Å². The van der Waals surface area contributed by atoms with Crippen molar-refractivity contribution in [2.75, 3.05) is 13.7 Å². The van der Waals surface area contributed by atoms with Crippen molar-refractivity contribution in [2.24, 2.45) is 5.92 Å². The Morgan fingerprint density at radius 3 is 2.79 bits per heavy atom. The highest BCUT2D eigenvalue weighted by atomic mass is 16.5. The lowest BCUT2D eigenvalue weighted by atomic mass is 9.93. The van der Waals surface area contributed by atoms with Crippen molar-refractivity contribution < 1.29 is 14.6 Å². The van der Waals surface area contributed by atoms with Gasteiger partial charge in [-0.15, -0.1) is 0 Å². The molecule has 1 N–H and O–H groups in total. The molecule has 0 aromatic heterocycles. The van der Waals surface area contributed by atoms with Crippen LogP contribution < -0.4 is 4.74 Å². The number of methoxy groups -OCH3 is 1. The first-order chi connectivity index (χ1) is 9.22. The Morgan fingerprint density at radius 2 is 2.16 bits per heavy atom. The molecule has 3 atom stereocenters. The molecule has 1 fully saturated rings. The number of hydrogen-bond donors (Lipinski definition) is 1. The molecule has 3 heteroatoms. The predicted molar refractivity (Wildman–Crippen MR) is 75.5 cm³/mol. The highest BCUT2D eigenvalue weighted by molar-refractivity contribution is 5.33. The van der Waals surface area contributed by atoms with Gasteiger partial charge in [0.15, 0.2) is 0 Å². The van der Waals surface area contributed by atoms with Gasteiger partial charge in [-0.2, -0.15) is 0 Å². The first kappa shape index (κ1) is 14.4. The van der Waals surface area contributed by atoms with E-state index in [0.29, 0.717) is 12.2 Å². The standard InChI is InChI=1S/C16H24O3/c1-12-7-8-15(19-12)10-13(11-17)9-14-5-3-4-6-16(14)18-2/h3-6,12-13,15,17H,7-11H2,1-2H3. The molecule has 1 saturated heterocycles. The molecule has 0 radical (unpaired) electrons. The zero-order valence-electron chi connectivity index (χ0n) is 11.8. The van der Waals surface area contributed by atoms with Crippen molar-refractivity contribution in [3.8, 4) is 5.75 Å². The van der Waals surface area contributed by atoms with Gasteiger partial charge in [0, 0.05) is 6.61 Å². The summed E-state index contributed by atoms with van der Waals surface area (Å²) in [5.74, 6) is 1.15. The van der Waals surface area contributed by atoms with Crippen LogP contribution in [0.5, 0.6) is 5.75 Å². The van der Waals surface area contributed by atoms with Crippen molar-refractivity contribution in [1.29, 1.82) is 0 Å². The fourth-order valence-corrected chi connectivity index (χ4v) is 2.84. The molecule has 1 aromatic carbocycles. The third-order valence-corrected chi connectivity index (χ3v) is 3.88. The highest BCUT2D eigenvalue weighted by Crippen LogP contribution is 2.28. The lowest BCUT2D eigenvalue weighted by molar-refractivity contribution is 0.0338. The molecular weight excluding hydrogens is 240 g/mol. The van der Waals surface area contributed by atoms with E-state index in [1.807, 2.05) is 18.2 Å². The molecule has 0 spiro atoms. The predicted octanol–water partition coefficient (Wildman–Crippen LogP) is 2.80. The summed E-state index contributed by atoms with van der Waals surface area (Å²) in [7, 11) is 1.69. The van der Waals surface area contributed by atoms with Crippen LogP contribution in [0, 0.1) is 5.92 Å². The van der Waals surface area contributed by atoms with E-state index in [-0.39, 0.29) is 12.5 Å². The Kier molecular flexibility index (Phi) is 5.23. The van der Waals surface area contributed by atoms with E-state index in [1.54, 1.807) is 7.11 Å². The molecule has 0 saturated carbocycles. The number of rotatable bonds is 6. The van der Waals surface area contributed by atoms with Crippen LogP contribution in [0.25, 0.3) is 0 Å². The van der Waals surface area contributed by atoms with Gasteiger partial charge in [-0.3, -0.25) is 0 Å². The third kappa shape index (κ3) is 3.95. The summed E-state index contributed by atoms with van der Waals surface area (Å²) < 4.78 is 11.2. The Labute approximate surface area is 115 Å². The molecule has 3 nitrogen and oxygen atoms in total. The zero-order chi connectivity index (χ0) is 13.7. The summed E-state index contributed by atoms with van der Waals surface area (Å²) >= 11 is 0. The second kappa shape index (κ2) is 6.92. The van der Waals surface area contributed by atoms with Gasteiger partial charge in [0.05, 0.1) is 19.3 Å². The molecule has 0 aliphatic carbocycles. The normalized spacial score (nSPS) is 24.4. The second-order valence-electron chi connectivity index (χ2n) is 5.45. The Balaban J connectivity index is 1.94. The van der Waals surface area contributed by atoms with Gasteiger partial charge >= 0.3 is 0 Å². The Morgan fingerprint density at radius 1 is 1.37 bits per heavy atom. The second-order valence-corrected chi connectivity index (χ2v) is 5.45. The Hall–Kier alpha value is -1.06. The molecule has 0 amide bonds. The molecule has 3 unspecified atom stereocenters. The van der Waals surface area contributed by atoms with Crippen LogP contribution in [0.1, 0.15) is 31.7 Å². The van der Waals surface area contributed by atoms with Crippen molar-refractivity contribution in [3.05, 3.63) is 29.8 Å². The molecule has 0 bridgehead atoms. The van der Waals surface area contributed by atoms with E-state index in [1.165, 1.54) is 0 Å². The van der Waals surface area contributed by atoms with Gasteiger partial charge in [-0.05, 0) is 50.2 Å². The van der Waals surface area contributed by atoms with Crippen LogP contribution in [0.4, 0.5) is 0 Å². The average Bonchev–Trinajstić information content (AvgIpc) is 2.84. The highest BCUT2D eigenvalue weighted by Gasteiger charge is 2.25. The van der Waals surface area contributed by atoms with Crippen LogP contribution in [-0.4, -0.2) is 31.0 Å². The third-order valence-electron chi connectivity index (χ3n) is 3.88. The van der Waals surface area contributed by atoms with E-state index in [9.17, 15) is 5.11 Å². The van der Waals surface area contributed by atoms with Crippen LogP contribution in [-0.2, 0) is 11.2 Å². The van der Waals surface area contributed by atoms with E-state index in [4.69, 9.17) is 9.47 Å². The van der Waals surface area contributed by atoms with Gasteiger partial charge < -0.3 is 14.6 Å². The molecule has 1 aliphatic rings. The van der Waals surface area contributed by atoms with Crippen molar-refractivity contribution >= 4 is 0 Å². The van der Waals surface area contributed by atoms with Crippen LogP contribution in [0.3, 0.4) is 0 Å². The molecule has 2 rings (SSSR count). The summed E-state index contributed by atoms with van der Waals surface area (Å²) in [6.07, 6.45) is 4.70. The lowest BCUT2D eigenvalue weighted by Crippen LogP contribution is -2.19. The van der Waals surface area contributed by atoms with Gasteiger partial charge in [-0.1, -0.05) is 18.2 Å². The SMILES string of the molecule is COc1ccccc1CC(CO)CC1CCC(C)O1. The Bertz CT molecular complexity index is 391. The average molecular weight is 264 g/mol. The van der Waals surface area contributed by atoms with Gasteiger partial charge in [0.2, 0.25) is 0 Å². The summed E-state index contributed by atoms with van der Waals surface area (Å²) in [6.45, 7) is 2.32. The minimum Gasteiger partial charge on any atom is -0.496 e. The maximum atomic E-state index is 9.58. The molecule has 106 valence electrons. The fourth-order valence-electron chi connectivity index (χ4n) is 2.84. The summed E-state index contributed by atoms with van der Waals surface area (Å²) in [5, 5.41) is 9.58. The van der Waals surface area contributed by atoms with E-state index in [0.717, 1.165) is 37.0 Å². The van der Waals surface area contributed by atoms with E-state index in [2.05, 4.69) is 13.0 Å². The molecule has 1 aromatic rings. The smallest absolute Gasteiger partial charge is 0.122 e. The number of aliphatic hydroxyl groups excluding tert-OH is 1. The van der Waals surface area contributed by atoms with Crippen LogP contribution in [0.2, 0.25) is 0 Å². The summed E-state index contributed by atoms with van der Waals surface area (Å²) in [5.41, 5.74) is 1.16. The number of aliphatic hydroxyl groups is 1. The minimum atomic E-state index is 0.201. The molecule has 1 aliphatic heterocycles. The van der Waals surface area contributed by atoms with E-state index < -0.39 is 0 Å². The van der Waals surface area contributed by atoms with Crippen molar-refractivity contribution in [1.82, 2.24) is 0 Å². The van der Waals surface area contributed by atoms with Gasteiger partial charge in [0.1, 0.15) is 5.75 Å². The number of hydrogen-bond acceptors (Lipinski definition) is 3. The van der Waals surface area contributed by atoms with E-state index >= 15 is 0 Å². The lowest BCUT2D eigenvalue weighted by Gasteiger charge is -2.20. The van der Waals surface area contributed by atoms with Crippen LogP contribution in [0.15, 0.2) is 24.3 Å². The first-order valence-corrected chi connectivity index (χ1v) is 7.11. The summed E-state index contributed by atoms with van der Waals surface area (Å²) in [6, 6.07) is 8.02. The molecular formula is C16H24O3. The minimum absolute atomic E-state index is 0.201. The van der Waals surface area contributed by atoms with Gasteiger partial charge in [0.25, 0.3) is 0 Å². The zero-order valence-corrected chi connectivity index (χ0v) is 11.8. The topological polar surface area (TPSA) is 38.7 Å². The monoisotopic (exact) mass is 264 g/mol. The maximum absolute atomic E-state index is 9.58. The molecule has 19 heavy (non-hydrogen) atoms. The first-order valence-electron chi connectivity index (χ1n) is 7.11. The maximum Gasteiger partial charge on any atom is 0.122 e. The molecule has 1 heterocycles. The van der Waals surface area contributed by atoms with Crippen molar-refractivity contribution in [2.45, 2.75) is 44.8 Å². The fraction of sp³-hybridized carbons (Fsp3) is 0.625. The number of para-hydroxylation sites is 1. The van der Waals surface area contributed by atoms with Gasteiger partial charge in [-0.25, -0.2) is 0 Å². The largest absolute Gasteiger partial charge is 0.496 e. The number of ether oxygens (including phenoxy) is 2.